The smallest absolute Gasteiger partial charge is 0.269 e. The van der Waals surface area contributed by atoms with Crippen molar-refractivity contribution in [1.82, 2.24) is 15.2 Å². The van der Waals surface area contributed by atoms with E-state index in [2.05, 4.69) is 21.4 Å². The number of fused-ring (bicyclic) bond motifs is 2. The van der Waals surface area contributed by atoms with E-state index in [1.54, 1.807) is 12.3 Å². The molecule has 6 nitrogen and oxygen atoms in total. The molecule has 0 spiro atoms. The summed E-state index contributed by atoms with van der Waals surface area (Å²) in [6.45, 7) is 1.51. The minimum Gasteiger partial charge on any atom is -0.375 e. The van der Waals surface area contributed by atoms with Crippen LogP contribution in [0.5, 0.6) is 0 Å². The number of carbonyl (C=O) groups is 1. The van der Waals surface area contributed by atoms with Crippen molar-refractivity contribution in [1.29, 1.82) is 0 Å². The lowest BCUT2D eigenvalue weighted by atomic mass is 9.98. The van der Waals surface area contributed by atoms with Gasteiger partial charge in [0.1, 0.15) is 12.0 Å². The maximum absolute atomic E-state index is 12.9. The molecule has 1 radical (unpaired) electrons. The van der Waals surface area contributed by atoms with Gasteiger partial charge in [-0.1, -0.05) is 42.5 Å². The Kier molecular flexibility index (Phi) is 3.89. The number of amides is 1. The molecule has 1 aliphatic heterocycles. The van der Waals surface area contributed by atoms with Gasteiger partial charge < -0.3 is 5.11 Å². The summed E-state index contributed by atoms with van der Waals surface area (Å²) in [5, 5.41) is 20.9. The van der Waals surface area contributed by atoms with E-state index >= 15 is 0 Å². The minimum absolute atomic E-state index is 0.414. The Morgan fingerprint density at radius 1 is 1.10 bits per heavy atom. The lowest BCUT2D eigenvalue weighted by Crippen LogP contribution is -2.35. The van der Waals surface area contributed by atoms with Gasteiger partial charge in [-0.05, 0) is 30.7 Å². The van der Waals surface area contributed by atoms with Crippen LogP contribution >= 0.6 is 0 Å². The van der Waals surface area contributed by atoms with Gasteiger partial charge in [-0.3, -0.25) is 9.69 Å². The molecular weight excluding hydrogens is 364 g/mol. The highest BCUT2D eigenvalue weighted by molar-refractivity contribution is 6.11. The third-order valence-electron chi connectivity index (χ3n) is 5.28. The highest BCUT2D eigenvalue weighted by Crippen LogP contribution is 2.43. The van der Waals surface area contributed by atoms with Crippen LogP contribution < -0.4 is 4.90 Å². The molecule has 3 heterocycles. The fraction of sp³-hybridized carbons (Fsp3) is 0.130. The number of carbonyl (C=O) groups excluding carboxylic acids is 1. The van der Waals surface area contributed by atoms with Crippen molar-refractivity contribution < 1.29 is 9.90 Å². The molecule has 0 saturated carbocycles. The molecule has 0 fully saturated rings. The SMILES string of the molecule is CC1(O)C(=O)N(c2cc(Cc3nn[c]c4ccccc34)ccn2)c2ccccc21. The molecule has 0 aliphatic carbocycles. The normalized spacial score (nSPS) is 18.3. The Balaban J connectivity index is 1.55. The number of hydrogen-bond acceptors (Lipinski definition) is 5. The summed E-state index contributed by atoms with van der Waals surface area (Å²) in [7, 11) is 0. The van der Waals surface area contributed by atoms with Gasteiger partial charge in [-0.25, -0.2) is 4.98 Å². The van der Waals surface area contributed by atoms with Gasteiger partial charge >= 0.3 is 0 Å². The third-order valence-corrected chi connectivity index (χ3v) is 5.28. The van der Waals surface area contributed by atoms with Crippen molar-refractivity contribution in [2.45, 2.75) is 18.9 Å². The van der Waals surface area contributed by atoms with Gasteiger partial charge in [-0.2, -0.15) is 5.10 Å². The Hall–Kier alpha value is -3.64. The van der Waals surface area contributed by atoms with Crippen LogP contribution in [-0.2, 0) is 16.8 Å². The molecule has 29 heavy (non-hydrogen) atoms. The highest BCUT2D eigenvalue weighted by atomic mass is 16.3. The molecule has 2 aromatic carbocycles. The first kappa shape index (κ1) is 17.5. The number of anilines is 2. The number of benzene rings is 2. The summed E-state index contributed by atoms with van der Waals surface area (Å²) in [6, 6.07) is 18.8. The Labute approximate surface area is 167 Å². The summed E-state index contributed by atoms with van der Waals surface area (Å²) < 4.78 is 0. The Morgan fingerprint density at radius 2 is 1.90 bits per heavy atom. The van der Waals surface area contributed by atoms with E-state index in [4.69, 9.17) is 0 Å². The molecular formula is C23H17N4O2. The first-order valence-corrected chi connectivity index (χ1v) is 9.29. The van der Waals surface area contributed by atoms with Crippen LogP contribution in [0.25, 0.3) is 10.8 Å². The fourth-order valence-electron chi connectivity index (χ4n) is 3.79. The molecule has 1 amide bonds. The van der Waals surface area contributed by atoms with Gasteiger partial charge in [0, 0.05) is 29.0 Å². The van der Waals surface area contributed by atoms with Crippen LogP contribution in [0.2, 0.25) is 0 Å². The standard InChI is InChI=1S/C23H17N4O2/c1-23(29)18-8-4-5-9-20(18)27(22(23)28)21-13-15(10-11-24-21)12-19-17-7-3-2-6-16(17)14-25-26-19/h2-11,13,29H,12H2,1H3. The summed E-state index contributed by atoms with van der Waals surface area (Å²) in [6.07, 6.45) is 5.11. The van der Waals surface area contributed by atoms with Crippen LogP contribution in [0.15, 0.2) is 66.9 Å². The zero-order valence-corrected chi connectivity index (χ0v) is 15.7. The summed E-state index contributed by atoms with van der Waals surface area (Å²) >= 11 is 0. The summed E-state index contributed by atoms with van der Waals surface area (Å²) in [4.78, 5) is 18.8. The quantitative estimate of drug-likeness (QED) is 0.589. The topological polar surface area (TPSA) is 79.2 Å². The second kappa shape index (κ2) is 6.46. The largest absolute Gasteiger partial charge is 0.375 e. The molecule has 6 heteroatoms. The van der Waals surface area contributed by atoms with E-state index in [-0.39, 0.29) is 0 Å². The van der Waals surface area contributed by atoms with Gasteiger partial charge in [-0.15, -0.1) is 5.10 Å². The number of pyridine rings is 1. The Morgan fingerprint density at radius 3 is 2.79 bits per heavy atom. The number of para-hydroxylation sites is 1. The van der Waals surface area contributed by atoms with Crippen LogP contribution in [0.4, 0.5) is 11.5 Å². The maximum Gasteiger partial charge on any atom is 0.269 e. The van der Waals surface area contributed by atoms with Crippen LogP contribution in [-0.4, -0.2) is 26.2 Å². The van der Waals surface area contributed by atoms with Crippen molar-refractivity contribution in [3.05, 3.63) is 89.9 Å². The first-order chi connectivity index (χ1) is 14.1. The molecule has 0 saturated heterocycles. The van der Waals surface area contributed by atoms with Crippen molar-refractivity contribution in [2.24, 2.45) is 0 Å². The Bertz CT molecular complexity index is 1250. The van der Waals surface area contributed by atoms with E-state index in [1.165, 1.54) is 11.8 Å². The molecule has 1 atom stereocenters. The average Bonchev–Trinajstić information content (AvgIpc) is 2.95. The predicted octanol–water partition coefficient (Wildman–Crippen LogP) is 3.30. The van der Waals surface area contributed by atoms with Crippen molar-refractivity contribution in [3.63, 3.8) is 0 Å². The zero-order valence-electron chi connectivity index (χ0n) is 15.7. The predicted molar refractivity (Wildman–Crippen MR) is 109 cm³/mol. The van der Waals surface area contributed by atoms with Crippen molar-refractivity contribution in [3.8, 4) is 0 Å². The van der Waals surface area contributed by atoms with Crippen LogP contribution in [0, 0.1) is 6.20 Å². The number of hydrogen-bond donors (Lipinski definition) is 1. The molecule has 1 N–H and O–H groups in total. The second-order valence-corrected chi connectivity index (χ2v) is 7.23. The fourth-order valence-corrected chi connectivity index (χ4v) is 3.79. The van der Waals surface area contributed by atoms with E-state index < -0.39 is 11.5 Å². The average molecular weight is 381 g/mol. The lowest BCUT2D eigenvalue weighted by Gasteiger charge is -2.19. The van der Waals surface area contributed by atoms with Crippen LogP contribution in [0.1, 0.15) is 23.7 Å². The van der Waals surface area contributed by atoms with Gasteiger partial charge in [0.25, 0.3) is 5.91 Å². The van der Waals surface area contributed by atoms with Gasteiger partial charge in [0.2, 0.25) is 0 Å². The maximum atomic E-state index is 12.9. The molecule has 5 rings (SSSR count). The first-order valence-electron chi connectivity index (χ1n) is 9.29. The molecule has 141 valence electrons. The van der Waals surface area contributed by atoms with Crippen LogP contribution in [0.3, 0.4) is 0 Å². The number of aliphatic hydroxyl groups is 1. The van der Waals surface area contributed by atoms with Crippen molar-refractivity contribution in [2.75, 3.05) is 4.90 Å². The summed E-state index contributed by atoms with van der Waals surface area (Å²) in [5.74, 6) is 0.0559. The second-order valence-electron chi connectivity index (χ2n) is 7.23. The van der Waals surface area contributed by atoms with Gasteiger partial charge in [0.05, 0.1) is 11.4 Å². The number of aromatic nitrogens is 3. The zero-order chi connectivity index (χ0) is 20.0. The summed E-state index contributed by atoms with van der Waals surface area (Å²) in [5.41, 5.74) is 1.42. The highest BCUT2D eigenvalue weighted by Gasteiger charge is 2.47. The minimum atomic E-state index is -1.58. The number of nitrogens with zero attached hydrogens (tertiary/aromatic N) is 4. The van der Waals surface area contributed by atoms with E-state index in [0.717, 1.165) is 22.0 Å². The molecule has 1 aliphatic rings. The van der Waals surface area contributed by atoms with E-state index in [1.807, 2.05) is 54.6 Å². The number of rotatable bonds is 3. The van der Waals surface area contributed by atoms with E-state index in [9.17, 15) is 9.90 Å². The molecule has 2 aromatic heterocycles. The third kappa shape index (κ3) is 2.77. The molecule has 1 unspecified atom stereocenters. The monoisotopic (exact) mass is 381 g/mol. The van der Waals surface area contributed by atoms with Crippen molar-refractivity contribution >= 4 is 28.2 Å². The van der Waals surface area contributed by atoms with Gasteiger partial charge in [0.15, 0.2) is 5.60 Å². The lowest BCUT2D eigenvalue weighted by molar-refractivity contribution is -0.133. The molecule has 0 bridgehead atoms. The van der Waals surface area contributed by atoms with E-state index in [0.29, 0.717) is 23.5 Å². The molecule has 4 aromatic rings.